The van der Waals surface area contributed by atoms with Crippen LogP contribution in [0.5, 0.6) is 0 Å². The van der Waals surface area contributed by atoms with Gasteiger partial charge in [-0.05, 0) is 63.6 Å². The number of hydrogen-bond acceptors (Lipinski definition) is 4. The quantitative estimate of drug-likeness (QED) is 0.528. The summed E-state index contributed by atoms with van der Waals surface area (Å²) in [5.74, 6) is -0.533. The maximum absolute atomic E-state index is 14.4. The Bertz CT molecular complexity index is 1110. The second kappa shape index (κ2) is 11.4. The van der Waals surface area contributed by atoms with Crippen molar-refractivity contribution in [2.45, 2.75) is 90.1 Å². The summed E-state index contributed by atoms with van der Waals surface area (Å²) in [5.41, 5.74) is 1.80. The average Bonchev–Trinajstić information content (AvgIpc) is 3.27. The zero-order chi connectivity index (χ0) is 25.8. The minimum absolute atomic E-state index is 0.0215. The molecule has 1 aromatic carbocycles. The molecule has 2 fully saturated rings. The lowest BCUT2D eigenvalue weighted by Gasteiger charge is -2.35. The van der Waals surface area contributed by atoms with Crippen molar-refractivity contribution in [1.82, 2.24) is 20.2 Å². The van der Waals surface area contributed by atoms with Gasteiger partial charge in [-0.15, -0.1) is 0 Å². The molecule has 8 heteroatoms. The summed E-state index contributed by atoms with van der Waals surface area (Å²) in [6.07, 6.45) is 7.34. The number of halogens is 1. The number of nitrogens with one attached hydrogen (secondary N) is 2. The summed E-state index contributed by atoms with van der Waals surface area (Å²) >= 11 is 0. The van der Waals surface area contributed by atoms with Gasteiger partial charge in [0.05, 0.1) is 24.4 Å². The lowest BCUT2D eigenvalue weighted by molar-refractivity contribution is -0.139. The lowest BCUT2D eigenvalue weighted by atomic mass is 9.84. The molecule has 2 heterocycles. The van der Waals surface area contributed by atoms with Crippen molar-refractivity contribution in [3.63, 3.8) is 0 Å². The fraction of sp³-hybridized carbons (Fsp3) is 0.571. The molecule has 3 atom stereocenters. The van der Waals surface area contributed by atoms with Gasteiger partial charge in [0.1, 0.15) is 11.6 Å². The van der Waals surface area contributed by atoms with Crippen molar-refractivity contribution in [2.75, 3.05) is 6.54 Å². The Balaban J connectivity index is 1.44. The number of likely N-dealkylation sites (tertiary alicyclic amines) is 1. The fourth-order valence-electron chi connectivity index (χ4n) is 5.07. The molecule has 4 rings (SSSR count). The topological polar surface area (TPSA) is 95.2 Å². The van der Waals surface area contributed by atoms with Gasteiger partial charge < -0.3 is 15.2 Å². The highest BCUT2D eigenvalue weighted by Gasteiger charge is 2.33. The highest BCUT2D eigenvalue weighted by Crippen LogP contribution is 2.28. The van der Waals surface area contributed by atoms with Crippen LogP contribution in [0.3, 0.4) is 0 Å². The van der Waals surface area contributed by atoms with E-state index in [2.05, 4.69) is 15.3 Å². The van der Waals surface area contributed by atoms with Gasteiger partial charge in [-0.25, -0.2) is 9.37 Å². The summed E-state index contributed by atoms with van der Waals surface area (Å²) in [6, 6.07) is 4.30. The Morgan fingerprint density at radius 1 is 1.17 bits per heavy atom. The van der Waals surface area contributed by atoms with E-state index in [4.69, 9.17) is 0 Å². The van der Waals surface area contributed by atoms with E-state index in [0.29, 0.717) is 23.6 Å². The van der Waals surface area contributed by atoms with E-state index >= 15 is 0 Å². The SMILES string of the molecule is Cc1ccc(-c2cnc([C@H](C)CC(=O)[C@H](CC(=O)N3CCCC[C@@H]3C)NC(=O)C3CCC3)[nH]2)c(F)c1. The number of carbonyl (C=O) groups excluding carboxylic acids is 3. The third kappa shape index (κ3) is 6.02. The Morgan fingerprint density at radius 2 is 1.94 bits per heavy atom. The molecule has 1 aliphatic carbocycles. The maximum Gasteiger partial charge on any atom is 0.225 e. The largest absolute Gasteiger partial charge is 0.346 e. The average molecular weight is 497 g/mol. The Labute approximate surface area is 212 Å². The number of benzene rings is 1. The molecule has 7 nitrogen and oxygen atoms in total. The van der Waals surface area contributed by atoms with Crippen LogP contribution in [-0.4, -0.2) is 51.1 Å². The zero-order valence-corrected chi connectivity index (χ0v) is 21.5. The first-order valence-electron chi connectivity index (χ1n) is 13.2. The number of aryl methyl sites for hydroxylation is 1. The van der Waals surface area contributed by atoms with Crippen LogP contribution < -0.4 is 5.32 Å². The second-order valence-electron chi connectivity index (χ2n) is 10.6. The first kappa shape index (κ1) is 26.0. The number of hydrogen-bond donors (Lipinski definition) is 2. The Morgan fingerprint density at radius 3 is 2.61 bits per heavy atom. The molecule has 2 aliphatic rings. The third-order valence-electron chi connectivity index (χ3n) is 7.67. The molecule has 0 spiro atoms. The molecule has 1 aromatic heterocycles. The predicted molar refractivity (Wildman–Crippen MR) is 136 cm³/mol. The first-order valence-corrected chi connectivity index (χ1v) is 13.2. The van der Waals surface area contributed by atoms with E-state index in [1.807, 2.05) is 31.7 Å². The van der Waals surface area contributed by atoms with Gasteiger partial charge in [0.25, 0.3) is 0 Å². The van der Waals surface area contributed by atoms with E-state index in [0.717, 1.165) is 44.1 Å². The molecule has 0 bridgehead atoms. The predicted octanol–water partition coefficient (Wildman–Crippen LogP) is 4.66. The molecule has 0 radical (unpaired) electrons. The number of piperidine rings is 1. The van der Waals surface area contributed by atoms with Gasteiger partial charge in [-0.3, -0.25) is 14.4 Å². The number of carbonyl (C=O) groups is 3. The van der Waals surface area contributed by atoms with Crippen molar-refractivity contribution in [1.29, 1.82) is 0 Å². The third-order valence-corrected chi connectivity index (χ3v) is 7.67. The summed E-state index contributed by atoms with van der Waals surface area (Å²) in [6.45, 7) is 6.42. The first-order chi connectivity index (χ1) is 17.2. The number of H-pyrrole nitrogens is 1. The van der Waals surface area contributed by atoms with E-state index in [-0.39, 0.29) is 54.1 Å². The van der Waals surface area contributed by atoms with Crippen molar-refractivity contribution < 1.29 is 18.8 Å². The minimum Gasteiger partial charge on any atom is -0.346 e. The van der Waals surface area contributed by atoms with Crippen molar-refractivity contribution >= 4 is 17.6 Å². The van der Waals surface area contributed by atoms with Gasteiger partial charge in [-0.1, -0.05) is 19.4 Å². The van der Waals surface area contributed by atoms with Crippen LogP contribution in [0.1, 0.15) is 82.5 Å². The second-order valence-corrected chi connectivity index (χ2v) is 10.6. The minimum atomic E-state index is -0.855. The monoisotopic (exact) mass is 496 g/mol. The molecule has 2 aromatic rings. The Hall–Kier alpha value is -3.03. The van der Waals surface area contributed by atoms with Crippen LogP contribution in [0.15, 0.2) is 24.4 Å². The summed E-state index contributed by atoms with van der Waals surface area (Å²) in [5, 5.41) is 2.89. The molecule has 194 valence electrons. The summed E-state index contributed by atoms with van der Waals surface area (Å²) in [7, 11) is 0. The number of Topliss-reactive ketones (excluding diaryl/α,β-unsaturated/α-hetero) is 1. The zero-order valence-electron chi connectivity index (χ0n) is 21.5. The van der Waals surface area contributed by atoms with Gasteiger partial charge in [0.2, 0.25) is 11.8 Å². The molecule has 1 aliphatic heterocycles. The molecule has 1 saturated heterocycles. The normalized spacial score (nSPS) is 19.9. The number of amides is 2. The fourth-order valence-corrected chi connectivity index (χ4v) is 5.07. The van der Waals surface area contributed by atoms with Gasteiger partial charge in [-0.2, -0.15) is 0 Å². The van der Waals surface area contributed by atoms with Gasteiger partial charge in [0.15, 0.2) is 5.78 Å². The number of rotatable bonds is 9. The van der Waals surface area contributed by atoms with Crippen LogP contribution in [-0.2, 0) is 14.4 Å². The molecule has 36 heavy (non-hydrogen) atoms. The van der Waals surface area contributed by atoms with Gasteiger partial charge in [0, 0.05) is 36.4 Å². The van der Waals surface area contributed by atoms with E-state index in [1.165, 1.54) is 6.07 Å². The molecule has 0 unspecified atom stereocenters. The number of ketones is 1. The van der Waals surface area contributed by atoms with Crippen LogP contribution in [0.2, 0.25) is 0 Å². The van der Waals surface area contributed by atoms with Crippen molar-refractivity contribution in [3.05, 3.63) is 41.6 Å². The van der Waals surface area contributed by atoms with E-state index < -0.39 is 6.04 Å². The number of aromatic nitrogens is 2. The molecule has 1 saturated carbocycles. The molecule has 2 amide bonds. The van der Waals surface area contributed by atoms with Crippen LogP contribution >= 0.6 is 0 Å². The number of imidazole rings is 1. The van der Waals surface area contributed by atoms with Crippen molar-refractivity contribution in [2.24, 2.45) is 5.92 Å². The molecular formula is C28H37FN4O3. The number of nitrogens with zero attached hydrogens (tertiary/aromatic N) is 2. The highest BCUT2D eigenvalue weighted by atomic mass is 19.1. The van der Waals surface area contributed by atoms with Gasteiger partial charge >= 0.3 is 0 Å². The molecular weight excluding hydrogens is 459 g/mol. The maximum atomic E-state index is 14.4. The van der Waals surface area contributed by atoms with E-state index in [1.54, 1.807) is 12.3 Å². The lowest BCUT2D eigenvalue weighted by Crippen LogP contribution is -2.50. The molecule has 2 N–H and O–H groups in total. The van der Waals surface area contributed by atoms with Crippen LogP contribution in [0, 0.1) is 18.7 Å². The van der Waals surface area contributed by atoms with E-state index in [9.17, 15) is 18.8 Å². The summed E-state index contributed by atoms with van der Waals surface area (Å²) in [4.78, 5) is 48.5. The summed E-state index contributed by atoms with van der Waals surface area (Å²) < 4.78 is 14.4. The highest BCUT2D eigenvalue weighted by molar-refractivity contribution is 5.94. The van der Waals surface area contributed by atoms with Crippen LogP contribution in [0.25, 0.3) is 11.3 Å². The Kier molecular flexibility index (Phi) is 8.21. The van der Waals surface area contributed by atoms with Crippen molar-refractivity contribution in [3.8, 4) is 11.3 Å². The smallest absolute Gasteiger partial charge is 0.225 e. The van der Waals surface area contributed by atoms with Crippen LogP contribution in [0.4, 0.5) is 4.39 Å². The standard InChI is InChI=1S/C28H37FN4O3/c1-17-10-11-21(22(29)13-17)24-16-30-27(31-24)18(2)14-25(34)23(32-28(36)20-8-6-9-20)15-26(35)33-12-5-4-7-19(33)3/h10-11,13,16,18-20,23H,4-9,12,14-15H2,1-3H3,(H,30,31)(H,32,36)/t18-,19+,23+/m1/s1. The number of aromatic amines is 1.